The molecular weight excluding hydrogens is 332 g/mol. The lowest BCUT2D eigenvalue weighted by molar-refractivity contribution is -0.133. The molecule has 0 bridgehead atoms. The second-order valence-electron chi connectivity index (χ2n) is 7.75. The number of piperidine rings is 2. The molecule has 0 saturated carbocycles. The van der Waals surface area contributed by atoms with Gasteiger partial charge in [-0.3, -0.25) is 9.59 Å². The SMILES string of the molecule is O=C(CCCN1CCCCC1=O)NC1CCN(C(=O)N2CCCC2)CC1. The molecule has 3 aliphatic heterocycles. The van der Waals surface area contributed by atoms with E-state index in [4.69, 9.17) is 0 Å². The highest BCUT2D eigenvalue weighted by Crippen LogP contribution is 2.16. The van der Waals surface area contributed by atoms with Gasteiger partial charge in [-0.1, -0.05) is 0 Å². The molecule has 0 aliphatic carbocycles. The molecule has 3 aliphatic rings. The lowest BCUT2D eigenvalue weighted by atomic mass is 10.0. The van der Waals surface area contributed by atoms with Gasteiger partial charge in [0.25, 0.3) is 0 Å². The molecule has 0 aromatic rings. The van der Waals surface area contributed by atoms with Gasteiger partial charge in [-0.05, 0) is 44.9 Å². The van der Waals surface area contributed by atoms with Gasteiger partial charge in [-0.2, -0.15) is 0 Å². The van der Waals surface area contributed by atoms with E-state index in [-0.39, 0.29) is 23.9 Å². The van der Waals surface area contributed by atoms with Crippen LogP contribution in [0.15, 0.2) is 0 Å². The van der Waals surface area contributed by atoms with Crippen molar-refractivity contribution in [1.82, 2.24) is 20.0 Å². The molecule has 7 nitrogen and oxygen atoms in total. The fourth-order valence-corrected chi connectivity index (χ4v) is 4.15. The Hall–Kier alpha value is -1.79. The number of nitrogens with zero attached hydrogens (tertiary/aromatic N) is 3. The summed E-state index contributed by atoms with van der Waals surface area (Å²) in [6, 6.07) is 0.334. The molecule has 0 unspecified atom stereocenters. The van der Waals surface area contributed by atoms with E-state index in [0.717, 1.165) is 77.7 Å². The second-order valence-corrected chi connectivity index (χ2v) is 7.75. The monoisotopic (exact) mass is 364 g/mol. The van der Waals surface area contributed by atoms with E-state index in [1.807, 2.05) is 14.7 Å². The van der Waals surface area contributed by atoms with Crippen LogP contribution in [0.2, 0.25) is 0 Å². The molecule has 3 fully saturated rings. The van der Waals surface area contributed by atoms with Crippen molar-refractivity contribution in [2.45, 2.75) is 63.8 Å². The minimum Gasteiger partial charge on any atom is -0.353 e. The van der Waals surface area contributed by atoms with E-state index in [9.17, 15) is 14.4 Å². The van der Waals surface area contributed by atoms with Gasteiger partial charge in [0.15, 0.2) is 0 Å². The average Bonchev–Trinajstić information content (AvgIpc) is 3.18. The smallest absolute Gasteiger partial charge is 0.319 e. The summed E-state index contributed by atoms with van der Waals surface area (Å²) in [6.45, 7) is 4.74. The number of amides is 4. The van der Waals surface area contributed by atoms with Gasteiger partial charge >= 0.3 is 6.03 Å². The van der Waals surface area contributed by atoms with Crippen molar-refractivity contribution in [2.75, 3.05) is 39.3 Å². The predicted octanol–water partition coefficient (Wildman–Crippen LogP) is 1.58. The highest BCUT2D eigenvalue weighted by Gasteiger charge is 2.28. The number of carbonyl (C=O) groups excluding carboxylic acids is 3. The lowest BCUT2D eigenvalue weighted by Gasteiger charge is -2.34. The summed E-state index contributed by atoms with van der Waals surface area (Å²) in [5, 5.41) is 3.10. The standard InChI is InChI=1S/C19H32N4O3/c24-17(6-5-13-21-10-2-1-7-18(21)25)20-16-8-14-23(15-9-16)19(26)22-11-3-4-12-22/h16H,1-15H2,(H,20,24). The fraction of sp³-hybridized carbons (Fsp3) is 0.842. The molecule has 0 aromatic carbocycles. The van der Waals surface area contributed by atoms with Crippen LogP contribution < -0.4 is 5.32 Å². The molecular formula is C19H32N4O3. The predicted molar refractivity (Wildman–Crippen MR) is 98.6 cm³/mol. The maximum atomic E-state index is 12.4. The number of hydrogen-bond donors (Lipinski definition) is 1. The summed E-state index contributed by atoms with van der Waals surface area (Å²) in [5.74, 6) is 0.297. The molecule has 0 atom stereocenters. The maximum absolute atomic E-state index is 12.4. The Morgan fingerprint density at radius 2 is 1.58 bits per heavy atom. The summed E-state index contributed by atoms with van der Waals surface area (Å²) in [7, 11) is 0. The van der Waals surface area contributed by atoms with Crippen LogP contribution in [0.5, 0.6) is 0 Å². The van der Waals surface area contributed by atoms with Crippen LogP contribution in [0.4, 0.5) is 4.79 Å². The van der Waals surface area contributed by atoms with Crippen molar-refractivity contribution in [1.29, 1.82) is 0 Å². The number of carbonyl (C=O) groups is 3. The van der Waals surface area contributed by atoms with Gasteiger partial charge in [0, 0.05) is 58.2 Å². The molecule has 0 spiro atoms. The van der Waals surface area contributed by atoms with Crippen molar-refractivity contribution in [3.05, 3.63) is 0 Å². The van der Waals surface area contributed by atoms with Crippen molar-refractivity contribution >= 4 is 17.8 Å². The van der Waals surface area contributed by atoms with Crippen LogP contribution in [0, 0.1) is 0 Å². The van der Waals surface area contributed by atoms with Crippen LogP contribution in [0.1, 0.15) is 57.8 Å². The van der Waals surface area contributed by atoms with Gasteiger partial charge in [0.1, 0.15) is 0 Å². The van der Waals surface area contributed by atoms with Crippen molar-refractivity contribution in [3.8, 4) is 0 Å². The third kappa shape index (κ3) is 5.11. The van der Waals surface area contributed by atoms with Gasteiger partial charge < -0.3 is 20.0 Å². The van der Waals surface area contributed by atoms with Crippen LogP contribution in [-0.2, 0) is 9.59 Å². The number of nitrogens with one attached hydrogen (secondary N) is 1. The van der Waals surface area contributed by atoms with E-state index in [1.165, 1.54) is 0 Å². The van der Waals surface area contributed by atoms with E-state index in [0.29, 0.717) is 19.4 Å². The first-order valence-electron chi connectivity index (χ1n) is 10.2. The Labute approximate surface area is 156 Å². The van der Waals surface area contributed by atoms with E-state index in [1.54, 1.807) is 0 Å². The van der Waals surface area contributed by atoms with Crippen LogP contribution in [0.25, 0.3) is 0 Å². The molecule has 3 saturated heterocycles. The van der Waals surface area contributed by atoms with Gasteiger partial charge in [0.05, 0.1) is 0 Å². The minimum atomic E-state index is 0.0683. The molecule has 26 heavy (non-hydrogen) atoms. The minimum absolute atomic E-state index is 0.0683. The zero-order chi connectivity index (χ0) is 18.4. The van der Waals surface area contributed by atoms with Crippen LogP contribution >= 0.6 is 0 Å². The summed E-state index contributed by atoms with van der Waals surface area (Å²) in [5.41, 5.74) is 0. The number of urea groups is 1. The zero-order valence-corrected chi connectivity index (χ0v) is 15.8. The zero-order valence-electron chi connectivity index (χ0n) is 15.8. The van der Waals surface area contributed by atoms with Crippen LogP contribution in [0.3, 0.4) is 0 Å². The van der Waals surface area contributed by atoms with E-state index in [2.05, 4.69) is 5.32 Å². The number of rotatable bonds is 5. The largest absolute Gasteiger partial charge is 0.353 e. The summed E-state index contributed by atoms with van der Waals surface area (Å²) in [4.78, 5) is 42.1. The molecule has 1 N–H and O–H groups in total. The molecule has 0 aromatic heterocycles. The highest BCUT2D eigenvalue weighted by molar-refractivity contribution is 5.78. The number of likely N-dealkylation sites (tertiary alicyclic amines) is 3. The first-order chi connectivity index (χ1) is 12.6. The average molecular weight is 364 g/mol. The Kier molecular flexibility index (Phi) is 6.74. The fourth-order valence-electron chi connectivity index (χ4n) is 4.15. The van der Waals surface area contributed by atoms with Gasteiger partial charge in [-0.25, -0.2) is 4.79 Å². The number of hydrogen-bond acceptors (Lipinski definition) is 3. The Morgan fingerprint density at radius 3 is 2.27 bits per heavy atom. The Morgan fingerprint density at radius 1 is 0.923 bits per heavy atom. The third-order valence-electron chi connectivity index (χ3n) is 5.76. The third-order valence-corrected chi connectivity index (χ3v) is 5.76. The topological polar surface area (TPSA) is 73.0 Å². The Bertz CT molecular complexity index is 511. The Balaban J connectivity index is 1.30. The molecule has 4 amide bonds. The van der Waals surface area contributed by atoms with E-state index < -0.39 is 0 Å². The van der Waals surface area contributed by atoms with Crippen molar-refractivity contribution < 1.29 is 14.4 Å². The molecule has 7 heteroatoms. The van der Waals surface area contributed by atoms with Gasteiger partial charge in [0.2, 0.25) is 11.8 Å². The van der Waals surface area contributed by atoms with Gasteiger partial charge in [-0.15, -0.1) is 0 Å². The normalized spacial score (nSPS) is 22.0. The van der Waals surface area contributed by atoms with Crippen molar-refractivity contribution in [3.63, 3.8) is 0 Å². The quantitative estimate of drug-likeness (QED) is 0.805. The molecule has 146 valence electrons. The van der Waals surface area contributed by atoms with Crippen molar-refractivity contribution in [2.24, 2.45) is 0 Å². The second kappa shape index (κ2) is 9.24. The molecule has 0 radical (unpaired) electrons. The highest BCUT2D eigenvalue weighted by atomic mass is 16.2. The first-order valence-corrected chi connectivity index (χ1v) is 10.2. The van der Waals surface area contributed by atoms with Crippen LogP contribution in [-0.4, -0.2) is 77.9 Å². The summed E-state index contributed by atoms with van der Waals surface area (Å²) in [6.07, 6.45) is 7.80. The molecule has 3 rings (SSSR count). The summed E-state index contributed by atoms with van der Waals surface area (Å²) >= 11 is 0. The molecule has 3 heterocycles. The lowest BCUT2D eigenvalue weighted by Crippen LogP contribution is -2.50. The first kappa shape index (κ1) is 19.0. The maximum Gasteiger partial charge on any atom is 0.319 e. The summed E-state index contributed by atoms with van der Waals surface area (Å²) < 4.78 is 0. The van der Waals surface area contributed by atoms with E-state index >= 15 is 0 Å².